The van der Waals surface area contributed by atoms with E-state index >= 15 is 0 Å². The second kappa shape index (κ2) is 9.05. The number of carbonyl (C=O) groups is 1. The summed E-state index contributed by atoms with van der Waals surface area (Å²) < 4.78 is 10.5. The number of ether oxygens (including phenoxy) is 2. The first-order valence-corrected chi connectivity index (χ1v) is 7.28. The van der Waals surface area contributed by atoms with Crippen LogP contribution >= 0.6 is 0 Å². The molecule has 0 fully saturated rings. The number of esters is 1. The molecule has 120 valence electrons. The summed E-state index contributed by atoms with van der Waals surface area (Å²) in [6.07, 6.45) is 3.60. The molecule has 0 spiro atoms. The van der Waals surface area contributed by atoms with E-state index in [1.165, 1.54) is 7.11 Å². The van der Waals surface area contributed by atoms with Crippen LogP contribution in [0, 0.1) is 5.41 Å². The predicted octanol–water partition coefficient (Wildman–Crippen LogP) is 3.06. The quantitative estimate of drug-likeness (QED) is 0.250. The Morgan fingerprint density at radius 1 is 1.32 bits per heavy atom. The van der Waals surface area contributed by atoms with Gasteiger partial charge in [-0.2, -0.15) is 0 Å². The van der Waals surface area contributed by atoms with E-state index in [1.807, 2.05) is 44.2 Å². The normalized spacial score (nSPS) is 11.9. The van der Waals surface area contributed by atoms with Crippen molar-refractivity contribution >= 4 is 5.97 Å². The van der Waals surface area contributed by atoms with Gasteiger partial charge in [0.05, 0.1) is 7.11 Å². The van der Waals surface area contributed by atoms with Gasteiger partial charge in [0.25, 0.3) is 0 Å². The molecule has 0 radical (unpaired) electrons. The summed E-state index contributed by atoms with van der Waals surface area (Å²) in [7, 11) is 1.35. The maximum Gasteiger partial charge on any atom is 0.373 e. The average molecular weight is 303 g/mol. The maximum atomic E-state index is 11.9. The molecule has 0 bridgehead atoms. The molecule has 4 heteroatoms. The highest BCUT2D eigenvalue weighted by molar-refractivity contribution is 5.86. The lowest BCUT2D eigenvalue weighted by molar-refractivity contribution is -0.140. The molecule has 0 aromatic heterocycles. The largest absolute Gasteiger partial charge is 0.482 e. The zero-order chi connectivity index (χ0) is 16.4. The number of methoxy groups -OCH3 is 1. The predicted molar refractivity (Wildman–Crippen MR) is 88.2 cm³/mol. The van der Waals surface area contributed by atoms with Crippen molar-refractivity contribution in [3.63, 3.8) is 0 Å². The molecular weight excluding hydrogens is 278 g/mol. The van der Waals surface area contributed by atoms with Crippen molar-refractivity contribution in [1.29, 1.82) is 0 Å². The smallest absolute Gasteiger partial charge is 0.373 e. The second-order valence-corrected chi connectivity index (χ2v) is 5.68. The van der Waals surface area contributed by atoms with Crippen molar-refractivity contribution in [2.45, 2.75) is 20.5 Å². The van der Waals surface area contributed by atoms with Crippen LogP contribution in [0.4, 0.5) is 0 Å². The van der Waals surface area contributed by atoms with Crippen molar-refractivity contribution < 1.29 is 14.3 Å². The third-order valence-electron chi connectivity index (χ3n) is 3.01. The van der Waals surface area contributed by atoms with Crippen LogP contribution < -0.4 is 5.32 Å². The van der Waals surface area contributed by atoms with Gasteiger partial charge >= 0.3 is 5.97 Å². The average Bonchev–Trinajstić information content (AvgIpc) is 2.51. The molecule has 22 heavy (non-hydrogen) atoms. The summed E-state index contributed by atoms with van der Waals surface area (Å²) in [6.45, 7) is 9.47. The molecular formula is C18H25NO3. The summed E-state index contributed by atoms with van der Waals surface area (Å²) in [5.41, 5.74) is 0.753. The van der Waals surface area contributed by atoms with Gasteiger partial charge in [-0.05, 0) is 17.1 Å². The number of rotatable bonds is 9. The maximum absolute atomic E-state index is 11.9. The lowest BCUT2D eigenvalue weighted by Gasteiger charge is -2.22. The summed E-state index contributed by atoms with van der Waals surface area (Å²) in [4.78, 5) is 11.9. The Morgan fingerprint density at radius 2 is 2.00 bits per heavy atom. The van der Waals surface area contributed by atoms with E-state index in [-0.39, 0.29) is 11.2 Å². The van der Waals surface area contributed by atoms with Crippen molar-refractivity contribution in [1.82, 2.24) is 5.32 Å². The van der Waals surface area contributed by atoms with Crippen LogP contribution in [0.15, 0.2) is 54.8 Å². The molecule has 0 atom stereocenters. The Labute approximate surface area is 132 Å². The van der Waals surface area contributed by atoms with Crippen LogP contribution in [0.5, 0.6) is 0 Å². The molecule has 1 N–H and O–H groups in total. The third-order valence-corrected chi connectivity index (χ3v) is 3.01. The Hall–Kier alpha value is -2.07. The van der Waals surface area contributed by atoms with E-state index < -0.39 is 5.97 Å². The van der Waals surface area contributed by atoms with Gasteiger partial charge in [0.1, 0.15) is 6.61 Å². The lowest BCUT2D eigenvalue weighted by atomic mass is 9.92. The highest BCUT2D eigenvalue weighted by Crippen LogP contribution is 2.20. The Bertz CT molecular complexity index is 506. The van der Waals surface area contributed by atoms with Crippen LogP contribution in [0.1, 0.15) is 19.4 Å². The van der Waals surface area contributed by atoms with E-state index in [2.05, 4.69) is 11.9 Å². The van der Waals surface area contributed by atoms with E-state index in [4.69, 9.17) is 9.47 Å². The molecule has 0 saturated carbocycles. The van der Waals surface area contributed by atoms with Gasteiger partial charge in [-0.25, -0.2) is 4.79 Å². The van der Waals surface area contributed by atoms with E-state index in [0.29, 0.717) is 13.2 Å². The molecule has 0 aliphatic carbocycles. The minimum atomic E-state index is -0.465. The summed E-state index contributed by atoms with van der Waals surface area (Å²) >= 11 is 0. The minimum Gasteiger partial charge on any atom is -0.482 e. The van der Waals surface area contributed by atoms with Crippen LogP contribution in [-0.2, 0) is 20.9 Å². The molecule has 1 aromatic rings. The zero-order valence-electron chi connectivity index (χ0n) is 13.6. The van der Waals surface area contributed by atoms with Gasteiger partial charge in [-0.1, -0.05) is 50.3 Å². The second-order valence-electron chi connectivity index (χ2n) is 5.68. The molecule has 0 heterocycles. The summed E-state index contributed by atoms with van der Waals surface area (Å²) in [6, 6.07) is 9.71. The summed E-state index contributed by atoms with van der Waals surface area (Å²) in [5.74, 6) is -0.232. The van der Waals surface area contributed by atoms with Crippen molar-refractivity contribution in [2.24, 2.45) is 5.41 Å². The molecule has 0 aliphatic heterocycles. The fourth-order valence-electron chi connectivity index (χ4n) is 1.90. The first-order valence-electron chi connectivity index (χ1n) is 7.28. The van der Waals surface area contributed by atoms with Crippen molar-refractivity contribution in [3.05, 3.63) is 60.4 Å². The lowest BCUT2D eigenvalue weighted by Crippen LogP contribution is -2.29. The number of benzene rings is 1. The molecule has 0 saturated heterocycles. The first-order chi connectivity index (χ1) is 10.5. The third kappa shape index (κ3) is 6.59. The van der Waals surface area contributed by atoms with E-state index in [9.17, 15) is 4.79 Å². The molecule has 1 aromatic carbocycles. The highest BCUT2D eigenvalue weighted by atomic mass is 16.6. The van der Waals surface area contributed by atoms with E-state index in [1.54, 1.807) is 12.2 Å². The molecule has 0 amide bonds. The number of nitrogens with one attached hydrogen (secondary N) is 1. The molecule has 0 unspecified atom stereocenters. The van der Waals surface area contributed by atoms with Gasteiger partial charge in [-0.3, -0.25) is 0 Å². The van der Waals surface area contributed by atoms with Crippen LogP contribution in [0.3, 0.4) is 0 Å². The topological polar surface area (TPSA) is 47.6 Å². The Morgan fingerprint density at radius 3 is 2.59 bits per heavy atom. The highest BCUT2D eigenvalue weighted by Gasteiger charge is 2.20. The molecule has 0 aliphatic rings. The number of hydrogen-bond donors (Lipinski definition) is 1. The standard InChI is InChI=1S/C18H25NO3/c1-5-11-19-14-18(2,3)12-16(17(20)21-4)22-13-15-9-7-6-8-10-15/h5-10,12,19H,1,11,13-14H2,2-4H3/b16-12-. The number of carbonyl (C=O) groups excluding carboxylic acids is 1. The van der Waals surface area contributed by atoms with Crippen LogP contribution in [0.2, 0.25) is 0 Å². The SMILES string of the molecule is C=CCNCC(C)(C)/C=C(\OCc1ccccc1)C(=O)OC. The van der Waals surface area contributed by atoms with Gasteiger partial charge in [-0.15, -0.1) is 6.58 Å². The number of hydrogen-bond acceptors (Lipinski definition) is 4. The van der Waals surface area contributed by atoms with Crippen molar-refractivity contribution in [2.75, 3.05) is 20.2 Å². The van der Waals surface area contributed by atoms with Crippen molar-refractivity contribution in [3.8, 4) is 0 Å². The Balaban J connectivity index is 2.76. The van der Waals surface area contributed by atoms with Gasteiger partial charge in [0.15, 0.2) is 0 Å². The minimum absolute atomic E-state index is 0.233. The van der Waals surface area contributed by atoms with Gasteiger partial charge < -0.3 is 14.8 Å². The monoisotopic (exact) mass is 303 g/mol. The molecule has 4 nitrogen and oxygen atoms in total. The summed E-state index contributed by atoms with van der Waals surface area (Å²) in [5, 5.41) is 3.24. The fourth-order valence-corrected chi connectivity index (χ4v) is 1.90. The van der Waals surface area contributed by atoms with E-state index in [0.717, 1.165) is 12.1 Å². The van der Waals surface area contributed by atoms with Crippen LogP contribution in [-0.4, -0.2) is 26.2 Å². The molecule has 1 rings (SSSR count). The van der Waals surface area contributed by atoms with Crippen LogP contribution in [0.25, 0.3) is 0 Å². The van der Waals surface area contributed by atoms with Gasteiger partial charge in [0, 0.05) is 13.1 Å². The Kier molecular flexibility index (Phi) is 7.40. The zero-order valence-corrected chi connectivity index (χ0v) is 13.6. The van der Waals surface area contributed by atoms with Gasteiger partial charge in [0.2, 0.25) is 5.76 Å². The fraction of sp³-hybridized carbons (Fsp3) is 0.389. The first kappa shape index (κ1) is 18.0.